The van der Waals surface area contributed by atoms with Crippen LogP contribution in [0.2, 0.25) is 5.02 Å². The number of aromatic nitrogens is 2. The van der Waals surface area contributed by atoms with Crippen LogP contribution in [0.4, 0.5) is 5.82 Å². The molecule has 0 bridgehead atoms. The van der Waals surface area contributed by atoms with Gasteiger partial charge in [-0.15, -0.1) is 0 Å². The van der Waals surface area contributed by atoms with E-state index in [9.17, 15) is 4.79 Å². The Bertz CT molecular complexity index is 379. The lowest BCUT2D eigenvalue weighted by Gasteiger charge is -2.21. The van der Waals surface area contributed by atoms with E-state index in [1.807, 2.05) is 18.9 Å². The van der Waals surface area contributed by atoms with Gasteiger partial charge in [0.15, 0.2) is 5.82 Å². The van der Waals surface area contributed by atoms with Gasteiger partial charge in [0.2, 0.25) is 0 Å². The highest BCUT2D eigenvalue weighted by Crippen LogP contribution is 2.17. The molecule has 0 radical (unpaired) electrons. The summed E-state index contributed by atoms with van der Waals surface area (Å²) < 4.78 is 0. The lowest BCUT2D eigenvalue weighted by atomic mass is 10.2. The van der Waals surface area contributed by atoms with Crippen molar-refractivity contribution >= 4 is 17.4 Å². The zero-order valence-electron chi connectivity index (χ0n) is 8.83. The topological polar surface area (TPSA) is 75.0 Å². The lowest BCUT2D eigenvalue weighted by Crippen LogP contribution is -2.30. The second-order valence-corrected chi connectivity index (χ2v) is 3.97. The van der Waals surface area contributed by atoms with Crippen molar-refractivity contribution in [3.8, 4) is 0 Å². The highest BCUT2D eigenvalue weighted by molar-refractivity contribution is 6.32. The molecule has 0 spiro atoms. The normalized spacial score (nSPS) is 12.5. The van der Waals surface area contributed by atoms with Crippen LogP contribution in [0.25, 0.3) is 0 Å². The molecule has 0 saturated carbocycles. The number of nitrogens with zero attached hydrogens (tertiary/aromatic N) is 2. The van der Waals surface area contributed by atoms with E-state index in [0.29, 0.717) is 24.8 Å². The Morgan fingerprint density at radius 3 is 3.00 bits per heavy atom. The Morgan fingerprint density at radius 1 is 1.73 bits per heavy atom. The maximum Gasteiger partial charge on any atom is 0.271 e. The maximum atomic E-state index is 11.2. The third kappa shape index (κ3) is 2.94. The number of rotatable bonds is 4. The van der Waals surface area contributed by atoms with Gasteiger partial charge in [-0.05, 0) is 12.5 Å². The molecule has 0 aromatic carbocycles. The smallest absolute Gasteiger partial charge is 0.271 e. The highest BCUT2D eigenvalue weighted by Gasteiger charge is 2.12. The van der Waals surface area contributed by atoms with Gasteiger partial charge in [0, 0.05) is 13.6 Å². The van der Waals surface area contributed by atoms with Gasteiger partial charge < -0.3 is 15.6 Å². The molecule has 15 heavy (non-hydrogen) atoms. The summed E-state index contributed by atoms with van der Waals surface area (Å²) in [6.07, 6.45) is 1.34. The van der Waals surface area contributed by atoms with Crippen LogP contribution in [0, 0.1) is 5.92 Å². The molecule has 0 fully saturated rings. The van der Waals surface area contributed by atoms with Gasteiger partial charge in [-0.3, -0.25) is 4.79 Å². The zero-order valence-corrected chi connectivity index (χ0v) is 9.58. The van der Waals surface area contributed by atoms with E-state index in [-0.39, 0.29) is 10.6 Å². The van der Waals surface area contributed by atoms with Crippen molar-refractivity contribution in [3.63, 3.8) is 0 Å². The molecule has 1 unspecified atom stereocenters. The largest absolute Gasteiger partial charge is 0.358 e. The van der Waals surface area contributed by atoms with Crippen molar-refractivity contribution in [2.45, 2.75) is 6.92 Å². The highest BCUT2D eigenvalue weighted by atomic mass is 35.5. The summed E-state index contributed by atoms with van der Waals surface area (Å²) in [6.45, 7) is 3.33. The third-order valence-corrected chi connectivity index (χ3v) is 2.47. The fourth-order valence-corrected chi connectivity index (χ4v) is 1.52. The third-order valence-electron chi connectivity index (χ3n) is 2.13. The molecule has 1 aromatic heterocycles. The molecule has 0 aliphatic rings. The first kappa shape index (κ1) is 12.0. The second kappa shape index (κ2) is 5.14. The van der Waals surface area contributed by atoms with Crippen LogP contribution in [0.1, 0.15) is 6.92 Å². The standard InChI is InChI=1S/C9H15ClN4O/c1-6(3-11)4-14(2)8-7(10)9(15)13-5-12-8/h5-6H,3-4,11H2,1-2H3,(H,12,13,15). The van der Waals surface area contributed by atoms with Crippen LogP contribution >= 0.6 is 11.6 Å². The Hall–Kier alpha value is -1.07. The molecular weight excluding hydrogens is 216 g/mol. The van der Waals surface area contributed by atoms with Crippen molar-refractivity contribution in [2.75, 3.05) is 25.0 Å². The van der Waals surface area contributed by atoms with Crippen molar-refractivity contribution in [3.05, 3.63) is 21.7 Å². The number of hydrogen-bond acceptors (Lipinski definition) is 4. The summed E-state index contributed by atoms with van der Waals surface area (Å²) >= 11 is 5.84. The number of aromatic amines is 1. The number of anilines is 1. The predicted octanol–water partition coefficient (Wildman–Crippen LogP) is 0.454. The van der Waals surface area contributed by atoms with E-state index in [4.69, 9.17) is 17.3 Å². The first-order chi connectivity index (χ1) is 7.06. The maximum absolute atomic E-state index is 11.2. The van der Waals surface area contributed by atoms with Gasteiger partial charge in [-0.1, -0.05) is 18.5 Å². The Labute approximate surface area is 93.3 Å². The van der Waals surface area contributed by atoms with Gasteiger partial charge in [0.05, 0.1) is 6.33 Å². The second-order valence-electron chi connectivity index (χ2n) is 3.59. The Kier molecular flexibility index (Phi) is 4.11. The van der Waals surface area contributed by atoms with Crippen molar-refractivity contribution < 1.29 is 0 Å². The molecule has 1 atom stereocenters. The fourth-order valence-electron chi connectivity index (χ4n) is 1.27. The summed E-state index contributed by atoms with van der Waals surface area (Å²) in [5, 5.41) is 0.115. The monoisotopic (exact) mass is 230 g/mol. The number of halogens is 1. The molecular formula is C9H15ClN4O. The van der Waals surface area contributed by atoms with E-state index >= 15 is 0 Å². The quantitative estimate of drug-likeness (QED) is 0.788. The minimum absolute atomic E-state index is 0.115. The number of H-pyrrole nitrogens is 1. The van der Waals surface area contributed by atoms with Crippen LogP contribution in [-0.2, 0) is 0 Å². The van der Waals surface area contributed by atoms with Crippen molar-refractivity contribution in [1.82, 2.24) is 9.97 Å². The molecule has 0 aliphatic heterocycles. The van der Waals surface area contributed by atoms with Gasteiger partial charge >= 0.3 is 0 Å². The van der Waals surface area contributed by atoms with Crippen LogP contribution in [0.3, 0.4) is 0 Å². The predicted molar refractivity (Wildman–Crippen MR) is 61.4 cm³/mol. The summed E-state index contributed by atoms with van der Waals surface area (Å²) in [6, 6.07) is 0. The average molecular weight is 231 g/mol. The number of nitrogens with two attached hydrogens (primary N) is 1. The van der Waals surface area contributed by atoms with E-state index < -0.39 is 0 Å². The van der Waals surface area contributed by atoms with Gasteiger partial charge in [-0.25, -0.2) is 4.98 Å². The van der Waals surface area contributed by atoms with Gasteiger partial charge in [0.1, 0.15) is 5.02 Å². The minimum Gasteiger partial charge on any atom is -0.358 e. The Morgan fingerprint density at radius 2 is 2.40 bits per heavy atom. The van der Waals surface area contributed by atoms with E-state index in [1.54, 1.807) is 0 Å². The van der Waals surface area contributed by atoms with Crippen LogP contribution < -0.4 is 16.2 Å². The zero-order chi connectivity index (χ0) is 11.4. The fraction of sp³-hybridized carbons (Fsp3) is 0.556. The molecule has 5 nitrogen and oxygen atoms in total. The first-order valence-corrected chi connectivity index (χ1v) is 5.08. The molecule has 1 heterocycles. The molecule has 0 amide bonds. The summed E-state index contributed by atoms with van der Waals surface area (Å²) in [7, 11) is 1.83. The Balaban J connectivity index is 2.87. The van der Waals surface area contributed by atoms with E-state index in [1.165, 1.54) is 6.33 Å². The van der Waals surface area contributed by atoms with Crippen LogP contribution in [-0.4, -0.2) is 30.1 Å². The molecule has 0 saturated heterocycles. The molecule has 84 valence electrons. The molecule has 3 N–H and O–H groups in total. The van der Waals surface area contributed by atoms with E-state index in [2.05, 4.69) is 9.97 Å². The molecule has 1 aromatic rings. The molecule has 1 rings (SSSR count). The summed E-state index contributed by atoms with van der Waals surface area (Å²) in [5.74, 6) is 0.813. The first-order valence-electron chi connectivity index (χ1n) is 4.70. The summed E-state index contributed by atoms with van der Waals surface area (Å²) in [5.41, 5.74) is 5.19. The van der Waals surface area contributed by atoms with Crippen molar-refractivity contribution in [1.29, 1.82) is 0 Å². The van der Waals surface area contributed by atoms with Gasteiger partial charge in [-0.2, -0.15) is 0 Å². The average Bonchev–Trinajstić information content (AvgIpc) is 2.21. The SMILES string of the molecule is CC(CN)CN(C)c1nc[nH]c(=O)c1Cl. The minimum atomic E-state index is -0.325. The number of nitrogens with one attached hydrogen (secondary N) is 1. The van der Waals surface area contributed by atoms with Gasteiger partial charge in [0.25, 0.3) is 5.56 Å². The number of hydrogen-bond donors (Lipinski definition) is 2. The molecule has 0 aliphatic carbocycles. The van der Waals surface area contributed by atoms with Crippen molar-refractivity contribution in [2.24, 2.45) is 11.7 Å². The summed E-state index contributed by atoms with van der Waals surface area (Å²) in [4.78, 5) is 19.5. The van der Waals surface area contributed by atoms with E-state index in [0.717, 1.165) is 0 Å². The lowest BCUT2D eigenvalue weighted by molar-refractivity contribution is 0.587. The molecule has 6 heteroatoms. The van der Waals surface area contributed by atoms with Crippen LogP contribution in [0.15, 0.2) is 11.1 Å². The van der Waals surface area contributed by atoms with Crippen LogP contribution in [0.5, 0.6) is 0 Å².